The number of para-hydroxylation sites is 1. The summed E-state index contributed by atoms with van der Waals surface area (Å²) < 4.78 is 27.5. The van der Waals surface area contributed by atoms with Crippen molar-refractivity contribution in [2.75, 3.05) is 7.05 Å². The Balaban J connectivity index is 1.83. The van der Waals surface area contributed by atoms with Crippen molar-refractivity contribution in [3.63, 3.8) is 0 Å². The number of hydrogen-bond acceptors (Lipinski definition) is 4. The number of sulfonamides is 1. The molecule has 0 saturated carbocycles. The van der Waals surface area contributed by atoms with Crippen LogP contribution in [-0.4, -0.2) is 24.8 Å². The minimum Gasteiger partial charge on any atom is -0.239 e. The van der Waals surface area contributed by atoms with Gasteiger partial charge in [-0.25, -0.2) is 13.4 Å². The van der Waals surface area contributed by atoms with Crippen molar-refractivity contribution < 1.29 is 8.42 Å². The van der Waals surface area contributed by atoms with E-state index in [4.69, 9.17) is 0 Å². The molecule has 0 bridgehead atoms. The molecule has 1 heterocycles. The number of nitrogens with zero attached hydrogens (tertiary/aromatic N) is 2. The van der Waals surface area contributed by atoms with Gasteiger partial charge in [-0.05, 0) is 30.7 Å². The average molecular weight is 358 g/mol. The molecule has 0 radical (unpaired) electrons. The van der Waals surface area contributed by atoms with Crippen LogP contribution in [0.1, 0.15) is 23.5 Å². The van der Waals surface area contributed by atoms with Gasteiger partial charge >= 0.3 is 0 Å². The first-order valence-electron chi connectivity index (χ1n) is 7.54. The molecule has 0 unspecified atom stereocenters. The van der Waals surface area contributed by atoms with Crippen molar-refractivity contribution in [2.45, 2.75) is 13.0 Å². The molecule has 1 atom stereocenters. The molecule has 0 saturated heterocycles. The van der Waals surface area contributed by atoms with E-state index >= 15 is 0 Å². The highest BCUT2D eigenvalue weighted by Crippen LogP contribution is 2.30. The van der Waals surface area contributed by atoms with Crippen molar-refractivity contribution in [3.8, 4) is 0 Å². The molecule has 6 heteroatoms. The molecule has 0 spiro atoms. The highest BCUT2D eigenvalue weighted by molar-refractivity contribution is 7.92. The Labute approximate surface area is 146 Å². The van der Waals surface area contributed by atoms with E-state index in [1.165, 1.54) is 21.1 Å². The van der Waals surface area contributed by atoms with Gasteiger partial charge in [0.15, 0.2) is 0 Å². The molecule has 0 amide bonds. The van der Waals surface area contributed by atoms with Crippen molar-refractivity contribution in [2.24, 2.45) is 0 Å². The molecule has 3 aromatic rings. The lowest BCUT2D eigenvalue weighted by molar-refractivity contribution is 0.403. The molecule has 0 fully saturated rings. The molecule has 24 heavy (non-hydrogen) atoms. The van der Waals surface area contributed by atoms with Gasteiger partial charge in [-0.3, -0.25) is 0 Å². The summed E-state index contributed by atoms with van der Waals surface area (Å²) in [5.74, 6) is 0. The standard InChI is InChI=1S/C18H18N2O2S2/c1-14(18-19-16-10-6-7-11-17(16)23-18)20(2)24(21,22)13-12-15-8-4-3-5-9-15/h3-14H,1-2H3/b13-12-/t14-/m0/s1. The summed E-state index contributed by atoms with van der Waals surface area (Å²) in [6.07, 6.45) is 1.61. The van der Waals surface area contributed by atoms with Crippen LogP contribution in [0.25, 0.3) is 16.3 Å². The molecule has 0 N–H and O–H groups in total. The predicted molar refractivity (Wildman–Crippen MR) is 100 cm³/mol. The van der Waals surface area contributed by atoms with E-state index in [-0.39, 0.29) is 6.04 Å². The average Bonchev–Trinajstić information content (AvgIpc) is 3.04. The van der Waals surface area contributed by atoms with Crippen molar-refractivity contribution >= 4 is 37.7 Å². The van der Waals surface area contributed by atoms with Crippen LogP contribution in [-0.2, 0) is 10.0 Å². The van der Waals surface area contributed by atoms with E-state index in [1.807, 2.05) is 61.5 Å². The smallest absolute Gasteiger partial charge is 0.236 e. The fourth-order valence-corrected chi connectivity index (χ4v) is 4.46. The maximum Gasteiger partial charge on any atom is 0.236 e. The minimum absolute atomic E-state index is 0.326. The van der Waals surface area contributed by atoms with Crippen molar-refractivity contribution in [1.82, 2.24) is 9.29 Å². The Morgan fingerprint density at radius 3 is 2.46 bits per heavy atom. The van der Waals surface area contributed by atoms with E-state index in [0.29, 0.717) is 0 Å². The predicted octanol–water partition coefficient (Wildman–Crippen LogP) is 4.29. The second-order valence-corrected chi connectivity index (χ2v) is 8.41. The fraction of sp³-hybridized carbons (Fsp3) is 0.167. The second kappa shape index (κ2) is 6.84. The number of thiazole rings is 1. The molecule has 124 valence electrons. The van der Waals surface area contributed by atoms with Crippen LogP contribution in [0, 0.1) is 0 Å². The van der Waals surface area contributed by atoms with Crippen LogP contribution < -0.4 is 0 Å². The second-order valence-electron chi connectivity index (χ2n) is 5.47. The van der Waals surface area contributed by atoms with E-state index in [9.17, 15) is 8.42 Å². The van der Waals surface area contributed by atoms with Gasteiger partial charge in [-0.2, -0.15) is 4.31 Å². The highest BCUT2D eigenvalue weighted by atomic mass is 32.2. The maximum atomic E-state index is 12.5. The first-order chi connectivity index (χ1) is 11.5. The Hall–Kier alpha value is -2.02. The topological polar surface area (TPSA) is 50.3 Å². The summed E-state index contributed by atoms with van der Waals surface area (Å²) in [5.41, 5.74) is 1.75. The maximum absolute atomic E-state index is 12.5. The third-order valence-corrected chi connectivity index (χ3v) is 6.65. The summed E-state index contributed by atoms with van der Waals surface area (Å²) in [6.45, 7) is 1.85. The summed E-state index contributed by atoms with van der Waals surface area (Å²) >= 11 is 1.52. The van der Waals surface area contributed by atoms with Gasteiger partial charge in [-0.1, -0.05) is 42.5 Å². The van der Waals surface area contributed by atoms with Crippen LogP contribution in [0.3, 0.4) is 0 Å². The van der Waals surface area contributed by atoms with E-state index in [1.54, 1.807) is 13.1 Å². The van der Waals surface area contributed by atoms with Crippen LogP contribution in [0.4, 0.5) is 0 Å². The molecular formula is C18H18N2O2S2. The zero-order chi connectivity index (χ0) is 17.2. The molecule has 1 aromatic heterocycles. The summed E-state index contributed by atoms with van der Waals surface area (Å²) in [5, 5.41) is 2.03. The van der Waals surface area contributed by atoms with E-state index in [2.05, 4.69) is 4.98 Å². The summed E-state index contributed by atoms with van der Waals surface area (Å²) in [4.78, 5) is 4.55. The number of hydrogen-bond donors (Lipinski definition) is 0. The monoisotopic (exact) mass is 358 g/mol. The third kappa shape index (κ3) is 3.56. The minimum atomic E-state index is -3.52. The Kier molecular flexibility index (Phi) is 4.80. The molecule has 0 aliphatic heterocycles. The van der Waals surface area contributed by atoms with Gasteiger partial charge in [0.1, 0.15) is 5.01 Å². The highest BCUT2D eigenvalue weighted by Gasteiger charge is 2.24. The van der Waals surface area contributed by atoms with Gasteiger partial charge in [0.2, 0.25) is 10.0 Å². The third-order valence-electron chi connectivity index (χ3n) is 3.85. The van der Waals surface area contributed by atoms with Gasteiger partial charge in [0.05, 0.1) is 16.3 Å². The van der Waals surface area contributed by atoms with Crippen LogP contribution in [0.2, 0.25) is 0 Å². The first-order valence-corrected chi connectivity index (χ1v) is 9.86. The quantitative estimate of drug-likeness (QED) is 0.684. The largest absolute Gasteiger partial charge is 0.239 e. The molecule has 3 rings (SSSR count). The molecule has 4 nitrogen and oxygen atoms in total. The number of aromatic nitrogens is 1. The van der Waals surface area contributed by atoms with E-state index < -0.39 is 10.0 Å². The van der Waals surface area contributed by atoms with Crippen LogP contribution >= 0.6 is 11.3 Å². The zero-order valence-electron chi connectivity index (χ0n) is 13.5. The first kappa shape index (κ1) is 16.8. The van der Waals surface area contributed by atoms with Crippen molar-refractivity contribution in [3.05, 3.63) is 70.6 Å². The SMILES string of the molecule is C[C@@H](c1nc2ccccc2s1)N(C)S(=O)(=O)/C=C\c1ccccc1. The number of benzene rings is 2. The normalized spacial score (nSPS) is 13.8. The van der Waals surface area contributed by atoms with Crippen LogP contribution in [0.15, 0.2) is 60.0 Å². The Bertz CT molecular complexity index is 930. The lowest BCUT2D eigenvalue weighted by Gasteiger charge is -2.20. The Morgan fingerprint density at radius 1 is 1.08 bits per heavy atom. The van der Waals surface area contributed by atoms with Gasteiger partial charge < -0.3 is 0 Å². The van der Waals surface area contributed by atoms with Gasteiger partial charge in [-0.15, -0.1) is 11.3 Å². The van der Waals surface area contributed by atoms with E-state index in [0.717, 1.165) is 20.8 Å². The van der Waals surface area contributed by atoms with Gasteiger partial charge in [0.25, 0.3) is 0 Å². The fourth-order valence-electron chi connectivity index (χ4n) is 2.27. The molecular weight excluding hydrogens is 340 g/mol. The lowest BCUT2D eigenvalue weighted by atomic mass is 10.2. The summed E-state index contributed by atoms with van der Waals surface area (Å²) in [7, 11) is -1.94. The zero-order valence-corrected chi connectivity index (χ0v) is 15.1. The molecule has 0 aliphatic rings. The summed E-state index contributed by atoms with van der Waals surface area (Å²) in [6, 6.07) is 16.9. The molecule has 0 aliphatic carbocycles. The Morgan fingerprint density at radius 2 is 1.75 bits per heavy atom. The molecule has 2 aromatic carbocycles. The number of rotatable bonds is 5. The van der Waals surface area contributed by atoms with Crippen molar-refractivity contribution in [1.29, 1.82) is 0 Å². The number of fused-ring (bicyclic) bond motifs is 1. The lowest BCUT2D eigenvalue weighted by Crippen LogP contribution is -2.27. The van der Waals surface area contributed by atoms with Crippen LogP contribution in [0.5, 0.6) is 0 Å². The van der Waals surface area contributed by atoms with Gasteiger partial charge in [0, 0.05) is 12.5 Å².